The number of amides is 1. The van der Waals surface area contributed by atoms with Gasteiger partial charge < -0.3 is 16.0 Å². The fraction of sp³-hybridized carbons (Fsp3) is 0.308. The third kappa shape index (κ3) is 3.24. The molecule has 106 valence electrons. The molecule has 0 saturated carbocycles. The molecular weight excluding hydrogens is 274 g/mol. The van der Waals surface area contributed by atoms with E-state index >= 15 is 0 Å². The van der Waals surface area contributed by atoms with Crippen molar-refractivity contribution in [3.05, 3.63) is 29.3 Å². The number of nitrogens with one attached hydrogen (secondary N) is 1. The van der Waals surface area contributed by atoms with Gasteiger partial charge in [0.05, 0.1) is 0 Å². The summed E-state index contributed by atoms with van der Waals surface area (Å²) in [7, 11) is 0. The minimum Gasteiger partial charge on any atom is -0.374 e. The minimum atomic E-state index is -0.296. The first-order valence-corrected chi connectivity index (χ1v) is 7.21. The van der Waals surface area contributed by atoms with Crippen molar-refractivity contribution in [2.24, 2.45) is 0 Å². The van der Waals surface area contributed by atoms with Crippen molar-refractivity contribution in [1.29, 1.82) is 0 Å². The fourth-order valence-corrected chi connectivity index (χ4v) is 2.36. The van der Waals surface area contributed by atoms with E-state index in [1.54, 1.807) is 0 Å². The molecule has 0 spiro atoms. The zero-order valence-electron chi connectivity index (χ0n) is 11.5. The topological polar surface area (TPSA) is 84.1 Å². The van der Waals surface area contributed by atoms with E-state index in [4.69, 9.17) is 5.73 Å². The molecule has 3 N–H and O–H groups in total. The second-order valence-corrected chi connectivity index (χ2v) is 5.13. The second kappa shape index (κ2) is 6.33. The first-order chi connectivity index (χ1) is 9.63. The number of nitrogens with two attached hydrogens (primary N) is 1. The van der Waals surface area contributed by atoms with Gasteiger partial charge in [0.25, 0.3) is 5.91 Å². The maximum absolute atomic E-state index is 11.9. The maximum Gasteiger partial charge on any atom is 0.286 e. The highest BCUT2D eigenvalue weighted by Gasteiger charge is 2.11. The van der Waals surface area contributed by atoms with E-state index in [0.717, 1.165) is 35.8 Å². The average Bonchev–Trinajstić information content (AvgIpc) is 2.89. The highest BCUT2D eigenvalue weighted by molar-refractivity contribution is 7.16. The summed E-state index contributed by atoms with van der Waals surface area (Å²) in [4.78, 5) is 14.1. The Hall–Kier alpha value is -2.15. The molecule has 1 aromatic heterocycles. The van der Waals surface area contributed by atoms with Crippen LogP contribution in [0, 0.1) is 0 Å². The van der Waals surface area contributed by atoms with Crippen molar-refractivity contribution in [2.75, 3.05) is 29.0 Å². The van der Waals surface area contributed by atoms with Crippen LogP contribution in [0.25, 0.3) is 0 Å². The molecule has 0 aliphatic carbocycles. The van der Waals surface area contributed by atoms with Crippen LogP contribution in [0.2, 0.25) is 0 Å². The summed E-state index contributed by atoms with van der Waals surface area (Å²) < 4.78 is 0. The van der Waals surface area contributed by atoms with E-state index in [0.29, 0.717) is 0 Å². The SMILES string of the molecule is CCN(CC)c1ccc(NC(=O)c2nnc(N)s2)cc1. The standard InChI is InChI=1S/C13H17N5OS/c1-3-18(4-2)10-7-5-9(6-8-10)15-11(19)12-16-17-13(14)20-12/h5-8H,3-4H2,1-2H3,(H2,14,17)(H,15,19). The predicted molar refractivity (Wildman–Crippen MR) is 82.3 cm³/mol. The highest BCUT2D eigenvalue weighted by Crippen LogP contribution is 2.19. The van der Waals surface area contributed by atoms with Crippen molar-refractivity contribution >= 4 is 33.8 Å². The smallest absolute Gasteiger partial charge is 0.286 e. The summed E-state index contributed by atoms with van der Waals surface area (Å²) >= 11 is 1.07. The van der Waals surface area contributed by atoms with E-state index in [1.807, 2.05) is 24.3 Å². The molecule has 1 amide bonds. The van der Waals surface area contributed by atoms with E-state index in [9.17, 15) is 4.79 Å². The van der Waals surface area contributed by atoms with E-state index in [-0.39, 0.29) is 16.0 Å². The molecule has 0 aliphatic rings. The summed E-state index contributed by atoms with van der Waals surface area (Å²) in [6, 6.07) is 7.71. The summed E-state index contributed by atoms with van der Waals surface area (Å²) in [6.45, 7) is 6.12. The Morgan fingerprint density at radius 1 is 1.25 bits per heavy atom. The highest BCUT2D eigenvalue weighted by atomic mass is 32.1. The molecule has 0 radical (unpaired) electrons. The first-order valence-electron chi connectivity index (χ1n) is 6.39. The van der Waals surface area contributed by atoms with Gasteiger partial charge in [-0.15, -0.1) is 10.2 Å². The van der Waals surface area contributed by atoms with Crippen molar-refractivity contribution < 1.29 is 4.79 Å². The van der Waals surface area contributed by atoms with Crippen LogP contribution in [0.3, 0.4) is 0 Å². The van der Waals surface area contributed by atoms with Gasteiger partial charge in [-0.3, -0.25) is 4.79 Å². The van der Waals surface area contributed by atoms with Crippen LogP contribution < -0.4 is 16.0 Å². The summed E-state index contributed by atoms with van der Waals surface area (Å²) in [5.74, 6) is -0.296. The zero-order chi connectivity index (χ0) is 14.5. The largest absolute Gasteiger partial charge is 0.374 e. The summed E-state index contributed by atoms with van der Waals surface area (Å²) in [5.41, 5.74) is 7.31. The Bertz CT molecular complexity index is 577. The molecule has 0 bridgehead atoms. The number of rotatable bonds is 5. The lowest BCUT2D eigenvalue weighted by Crippen LogP contribution is -2.21. The second-order valence-electron chi connectivity index (χ2n) is 4.12. The number of benzene rings is 1. The molecule has 0 fully saturated rings. The third-order valence-electron chi connectivity index (χ3n) is 2.89. The van der Waals surface area contributed by atoms with Crippen LogP contribution in [0.5, 0.6) is 0 Å². The average molecular weight is 291 g/mol. The first kappa shape index (κ1) is 14.3. The minimum absolute atomic E-state index is 0.260. The summed E-state index contributed by atoms with van der Waals surface area (Å²) in [5, 5.41) is 10.6. The van der Waals surface area contributed by atoms with E-state index in [2.05, 4.69) is 34.3 Å². The van der Waals surface area contributed by atoms with Gasteiger partial charge in [-0.2, -0.15) is 0 Å². The molecule has 0 saturated heterocycles. The molecule has 0 unspecified atom stereocenters. The Morgan fingerprint density at radius 2 is 1.90 bits per heavy atom. The number of hydrogen-bond donors (Lipinski definition) is 2. The van der Waals surface area contributed by atoms with Crippen LogP contribution in [-0.4, -0.2) is 29.2 Å². The number of carbonyl (C=O) groups excluding carboxylic acids is 1. The van der Waals surface area contributed by atoms with Gasteiger partial charge in [0.1, 0.15) is 0 Å². The molecular formula is C13H17N5OS. The van der Waals surface area contributed by atoms with Gasteiger partial charge in [-0.05, 0) is 38.1 Å². The number of aromatic nitrogens is 2. The number of nitrogen functional groups attached to an aromatic ring is 1. The van der Waals surface area contributed by atoms with Crippen LogP contribution in [0.4, 0.5) is 16.5 Å². The Kier molecular flexibility index (Phi) is 4.52. The normalized spacial score (nSPS) is 10.3. The van der Waals surface area contributed by atoms with E-state index in [1.165, 1.54) is 0 Å². The van der Waals surface area contributed by atoms with Crippen molar-refractivity contribution in [3.63, 3.8) is 0 Å². The van der Waals surface area contributed by atoms with Gasteiger partial charge >= 0.3 is 0 Å². The molecule has 1 heterocycles. The van der Waals surface area contributed by atoms with Gasteiger partial charge in [0.15, 0.2) is 0 Å². The molecule has 7 heteroatoms. The molecule has 2 rings (SSSR count). The van der Waals surface area contributed by atoms with Gasteiger partial charge in [0, 0.05) is 24.5 Å². The quantitative estimate of drug-likeness (QED) is 0.882. The number of hydrogen-bond acceptors (Lipinski definition) is 6. The van der Waals surface area contributed by atoms with Gasteiger partial charge in [-0.25, -0.2) is 0 Å². The Labute approximate surface area is 121 Å². The monoisotopic (exact) mass is 291 g/mol. The number of nitrogens with zero attached hydrogens (tertiary/aromatic N) is 3. The zero-order valence-corrected chi connectivity index (χ0v) is 12.3. The van der Waals surface area contributed by atoms with Gasteiger partial charge in [0.2, 0.25) is 10.1 Å². The number of carbonyl (C=O) groups is 1. The Morgan fingerprint density at radius 3 is 2.40 bits per heavy atom. The molecule has 1 aromatic carbocycles. The van der Waals surface area contributed by atoms with Crippen LogP contribution in [0.1, 0.15) is 23.6 Å². The van der Waals surface area contributed by atoms with Crippen LogP contribution >= 0.6 is 11.3 Å². The van der Waals surface area contributed by atoms with Crippen molar-refractivity contribution in [1.82, 2.24) is 10.2 Å². The van der Waals surface area contributed by atoms with Crippen LogP contribution in [-0.2, 0) is 0 Å². The van der Waals surface area contributed by atoms with Crippen molar-refractivity contribution in [3.8, 4) is 0 Å². The molecule has 6 nitrogen and oxygen atoms in total. The lowest BCUT2D eigenvalue weighted by Gasteiger charge is -2.21. The molecule has 0 aliphatic heterocycles. The number of anilines is 3. The maximum atomic E-state index is 11.9. The lowest BCUT2D eigenvalue weighted by molar-refractivity contribution is 0.102. The van der Waals surface area contributed by atoms with E-state index < -0.39 is 0 Å². The molecule has 2 aromatic rings. The van der Waals surface area contributed by atoms with Gasteiger partial charge in [-0.1, -0.05) is 11.3 Å². The Balaban J connectivity index is 2.05. The third-order valence-corrected chi connectivity index (χ3v) is 3.64. The van der Waals surface area contributed by atoms with Crippen molar-refractivity contribution in [2.45, 2.75) is 13.8 Å². The fourth-order valence-electron chi connectivity index (χ4n) is 1.86. The van der Waals surface area contributed by atoms with Crippen LogP contribution in [0.15, 0.2) is 24.3 Å². The predicted octanol–water partition coefficient (Wildman–Crippen LogP) is 2.22. The molecule has 0 atom stereocenters. The lowest BCUT2D eigenvalue weighted by atomic mass is 10.2. The molecule has 20 heavy (non-hydrogen) atoms. The summed E-state index contributed by atoms with van der Waals surface area (Å²) in [6.07, 6.45) is 0.